The second-order valence-electron chi connectivity index (χ2n) is 8.19. The number of carbonyl (C=O) groups is 1. The molecule has 30 heavy (non-hydrogen) atoms. The van der Waals surface area contributed by atoms with Crippen LogP contribution < -0.4 is 15.6 Å². The predicted molar refractivity (Wildman–Crippen MR) is 111 cm³/mol. The van der Waals surface area contributed by atoms with Gasteiger partial charge in [-0.05, 0) is 49.8 Å². The first kappa shape index (κ1) is 20.5. The Morgan fingerprint density at radius 1 is 1.33 bits per heavy atom. The Morgan fingerprint density at radius 3 is 2.83 bits per heavy atom. The van der Waals surface area contributed by atoms with Gasteiger partial charge in [-0.15, -0.1) is 0 Å². The van der Waals surface area contributed by atoms with Gasteiger partial charge in [0.15, 0.2) is 0 Å². The molecular formula is C22H27FN4O3. The normalized spacial score (nSPS) is 23.0. The number of rotatable bonds is 7. The van der Waals surface area contributed by atoms with Crippen molar-refractivity contribution in [1.82, 2.24) is 14.9 Å². The zero-order chi connectivity index (χ0) is 21.1. The summed E-state index contributed by atoms with van der Waals surface area (Å²) in [5.74, 6) is 1.25. The van der Waals surface area contributed by atoms with Gasteiger partial charge >= 0.3 is 0 Å². The number of H-pyrrole nitrogens is 1. The van der Waals surface area contributed by atoms with E-state index < -0.39 is 12.2 Å². The van der Waals surface area contributed by atoms with Crippen molar-refractivity contribution in [3.05, 3.63) is 52.6 Å². The third kappa shape index (κ3) is 5.05. The highest BCUT2D eigenvalue weighted by Gasteiger charge is 2.34. The summed E-state index contributed by atoms with van der Waals surface area (Å²) in [6, 6.07) is 6.15. The fourth-order valence-corrected chi connectivity index (χ4v) is 3.70. The Hall–Kier alpha value is -2.74. The lowest BCUT2D eigenvalue weighted by atomic mass is 9.89. The van der Waals surface area contributed by atoms with E-state index in [0.717, 1.165) is 5.56 Å². The van der Waals surface area contributed by atoms with Crippen molar-refractivity contribution in [2.75, 3.05) is 25.0 Å². The van der Waals surface area contributed by atoms with Crippen LogP contribution in [-0.2, 0) is 4.79 Å². The largest absolute Gasteiger partial charge is 0.492 e. The van der Waals surface area contributed by atoms with Gasteiger partial charge in [0.1, 0.15) is 17.7 Å². The van der Waals surface area contributed by atoms with Crippen LogP contribution in [0.4, 0.5) is 10.2 Å². The first-order chi connectivity index (χ1) is 14.5. The van der Waals surface area contributed by atoms with Crippen molar-refractivity contribution < 1.29 is 13.9 Å². The molecule has 2 N–H and O–H groups in total. The first-order valence-corrected chi connectivity index (χ1v) is 10.5. The highest BCUT2D eigenvalue weighted by Crippen LogP contribution is 2.31. The molecule has 3 heterocycles. The van der Waals surface area contributed by atoms with Gasteiger partial charge in [-0.25, -0.2) is 9.37 Å². The zero-order valence-electron chi connectivity index (χ0n) is 17.0. The molecule has 2 aromatic rings. The molecule has 3 atom stereocenters. The number of carbonyl (C=O) groups excluding carboxylic acids is 1. The molecule has 160 valence electrons. The van der Waals surface area contributed by atoms with Crippen LogP contribution in [0.3, 0.4) is 0 Å². The van der Waals surface area contributed by atoms with Crippen molar-refractivity contribution in [1.29, 1.82) is 0 Å². The summed E-state index contributed by atoms with van der Waals surface area (Å²) in [4.78, 5) is 32.8. The summed E-state index contributed by atoms with van der Waals surface area (Å²) in [5, 5.41) is 2.83. The molecule has 1 saturated heterocycles. The minimum atomic E-state index is -1.01. The average Bonchev–Trinajstić information content (AvgIpc) is 3.58. The lowest BCUT2D eigenvalue weighted by Crippen LogP contribution is -2.49. The van der Waals surface area contributed by atoms with Gasteiger partial charge in [0.25, 0.3) is 0 Å². The number of nitrogens with one attached hydrogen (secondary N) is 2. The molecule has 0 radical (unpaired) electrons. The van der Waals surface area contributed by atoms with Crippen molar-refractivity contribution in [3.8, 4) is 5.75 Å². The molecule has 0 unspecified atom stereocenters. The van der Waals surface area contributed by atoms with E-state index in [9.17, 15) is 14.0 Å². The van der Waals surface area contributed by atoms with E-state index in [-0.39, 0.29) is 17.4 Å². The predicted octanol–water partition coefficient (Wildman–Crippen LogP) is 2.71. The van der Waals surface area contributed by atoms with Crippen molar-refractivity contribution in [2.45, 2.75) is 44.3 Å². The van der Waals surface area contributed by atoms with E-state index in [0.29, 0.717) is 43.6 Å². The Labute approximate surface area is 174 Å². The molecule has 2 aliphatic rings. The number of halogens is 1. The Kier molecular flexibility index (Phi) is 6.13. The summed E-state index contributed by atoms with van der Waals surface area (Å²) in [6.07, 6.45) is 4.96. The molecule has 0 aromatic carbocycles. The lowest BCUT2D eigenvalue weighted by molar-refractivity contribution is -0.121. The maximum atomic E-state index is 14.5. The average molecular weight is 414 g/mol. The second kappa shape index (κ2) is 8.95. The summed E-state index contributed by atoms with van der Waals surface area (Å²) >= 11 is 0. The monoisotopic (exact) mass is 414 g/mol. The quantitative estimate of drug-likeness (QED) is 0.728. The molecule has 1 saturated carbocycles. The molecule has 0 bridgehead atoms. The molecular weight excluding hydrogens is 387 g/mol. The number of amides is 1. The van der Waals surface area contributed by atoms with E-state index in [1.54, 1.807) is 30.6 Å². The number of pyridine rings is 2. The third-order valence-electron chi connectivity index (χ3n) is 5.89. The number of hydrogen-bond acceptors (Lipinski definition) is 5. The van der Waals surface area contributed by atoms with Crippen molar-refractivity contribution in [3.63, 3.8) is 0 Å². The second-order valence-corrected chi connectivity index (χ2v) is 8.19. The van der Waals surface area contributed by atoms with E-state index in [4.69, 9.17) is 4.74 Å². The fourth-order valence-electron chi connectivity index (χ4n) is 3.70. The van der Waals surface area contributed by atoms with E-state index in [1.165, 1.54) is 18.9 Å². The molecule has 8 heteroatoms. The Bertz CT molecular complexity index is 908. The van der Waals surface area contributed by atoms with Gasteiger partial charge in [0, 0.05) is 31.3 Å². The zero-order valence-corrected chi connectivity index (χ0v) is 17.0. The number of alkyl halides is 1. The molecule has 1 aliphatic heterocycles. The van der Waals surface area contributed by atoms with Crippen molar-refractivity contribution in [2.24, 2.45) is 5.92 Å². The maximum absolute atomic E-state index is 14.5. The minimum absolute atomic E-state index is 0.188. The van der Waals surface area contributed by atoms with Crippen LogP contribution in [0.1, 0.15) is 37.7 Å². The highest BCUT2D eigenvalue weighted by atomic mass is 19.1. The number of likely N-dealkylation sites (tertiary alicyclic amines) is 1. The van der Waals surface area contributed by atoms with Crippen LogP contribution in [0.25, 0.3) is 0 Å². The topological polar surface area (TPSA) is 87.3 Å². The molecule has 4 rings (SSSR count). The highest BCUT2D eigenvalue weighted by molar-refractivity contribution is 5.93. The minimum Gasteiger partial charge on any atom is -0.492 e. The molecule has 2 fully saturated rings. The standard InChI is InChI=1S/C22H27FN4O3/c1-14(22(29)26-20-6-5-17(11-24-20)30-13-15-2-3-15)27-9-8-19(23)18(12-27)16-4-7-21(28)25-10-16/h4-7,10-11,14-15,18-19H,2-3,8-9,12-13H2,1H3,(H,25,28)(H,24,26,29)/t14-,18+,19-/m0/s1. The van der Waals surface area contributed by atoms with Gasteiger partial charge in [-0.1, -0.05) is 6.07 Å². The molecule has 1 aliphatic carbocycles. The van der Waals surface area contributed by atoms with Crippen LogP contribution in [0.2, 0.25) is 0 Å². The smallest absolute Gasteiger partial charge is 0.247 e. The number of aromatic amines is 1. The Balaban J connectivity index is 1.34. The van der Waals surface area contributed by atoms with Crippen LogP contribution in [0.5, 0.6) is 5.75 Å². The van der Waals surface area contributed by atoms with E-state index in [1.807, 2.05) is 11.8 Å². The Morgan fingerprint density at radius 2 is 2.17 bits per heavy atom. The van der Waals surface area contributed by atoms with Gasteiger partial charge in [-0.2, -0.15) is 0 Å². The third-order valence-corrected chi connectivity index (χ3v) is 5.89. The number of aromatic nitrogens is 2. The first-order valence-electron chi connectivity index (χ1n) is 10.5. The molecule has 0 spiro atoms. The summed E-state index contributed by atoms with van der Waals surface area (Å²) in [6.45, 7) is 3.43. The van der Waals surface area contributed by atoms with Crippen LogP contribution >= 0.6 is 0 Å². The number of piperidine rings is 1. The molecule has 2 aromatic heterocycles. The van der Waals surface area contributed by atoms with Crippen molar-refractivity contribution >= 4 is 11.7 Å². The number of ether oxygens (including phenoxy) is 1. The van der Waals surface area contributed by atoms with E-state index in [2.05, 4.69) is 15.3 Å². The summed E-state index contributed by atoms with van der Waals surface area (Å²) in [5.41, 5.74) is 0.522. The number of anilines is 1. The SMILES string of the molecule is C[C@@H](C(=O)Nc1ccc(OCC2CC2)cn1)N1CC[C@H](F)[C@@H](c2ccc(=O)[nH]c2)C1. The van der Waals surface area contributed by atoms with E-state index >= 15 is 0 Å². The fraction of sp³-hybridized carbons (Fsp3) is 0.500. The van der Waals surface area contributed by atoms with Gasteiger partial charge in [0.2, 0.25) is 11.5 Å². The van der Waals surface area contributed by atoms with Gasteiger partial charge in [-0.3, -0.25) is 14.5 Å². The van der Waals surface area contributed by atoms with Gasteiger partial charge < -0.3 is 15.0 Å². The van der Waals surface area contributed by atoms with Crippen LogP contribution in [0.15, 0.2) is 41.5 Å². The van der Waals surface area contributed by atoms with Crippen LogP contribution in [-0.4, -0.2) is 52.7 Å². The molecule has 1 amide bonds. The lowest BCUT2D eigenvalue weighted by Gasteiger charge is -2.38. The van der Waals surface area contributed by atoms with Crippen LogP contribution in [0, 0.1) is 5.92 Å². The maximum Gasteiger partial charge on any atom is 0.247 e. The number of nitrogens with zero attached hydrogens (tertiary/aromatic N) is 2. The summed E-state index contributed by atoms with van der Waals surface area (Å²) in [7, 11) is 0. The summed E-state index contributed by atoms with van der Waals surface area (Å²) < 4.78 is 20.2. The van der Waals surface area contributed by atoms with Gasteiger partial charge in [0.05, 0.1) is 18.8 Å². The number of hydrogen-bond donors (Lipinski definition) is 2. The molecule has 7 nitrogen and oxygen atoms in total.